The molecule has 36 heavy (non-hydrogen) atoms. The number of hydrogen-bond donors (Lipinski definition) is 3. The Hall–Kier alpha value is -2.60. The van der Waals surface area contributed by atoms with Crippen LogP contribution in [0.4, 0.5) is 0 Å². The third-order valence-corrected chi connectivity index (χ3v) is 6.96. The number of carbonyl (C=O) groups excluding carboxylic acids is 1. The Balaban J connectivity index is 0.000000360. The van der Waals surface area contributed by atoms with Crippen molar-refractivity contribution in [3.05, 3.63) is 54.1 Å². The lowest BCUT2D eigenvalue weighted by Crippen LogP contribution is -2.47. The molecule has 0 radical (unpaired) electrons. The predicted octanol–water partition coefficient (Wildman–Crippen LogP) is 6.92. The van der Waals surface area contributed by atoms with Crippen LogP contribution < -0.4 is 0 Å². The van der Waals surface area contributed by atoms with E-state index in [0.29, 0.717) is 12.5 Å². The van der Waals surface area contributed by atoms with Crippen LogP contribution in [-0.4, -0.2) is 39.5 Å². The molecule has 1 aliphatic carbocycles. The van der Waals surface area contributed by atoms with Gasteiger partial charge in [0, 0.05) is 0 Å². The largest absolute Gasteiger partial charge is 0.507 e. The molecule has 1 aliphatic rings. The van der Waals surface area contributed by atoms with E-state index in [4.69, 9.17) is 4.74 Å². The SMILES string of the molecule is CCCCC(CC)COC(=O)c1ccccc1O.CCCCCC(CC)C1(O)C=CC=CC1C(=O)O. The third-order valence-electron chi connectivity index (χ3n) is 6.96. The molecule has 1 aromatic carbocycles. The van der Waals surface area contributed by atoms with Gasteiger partial charge in [-0.1, -0.05) is 109 Å². The van der Waals surface area contributed by atoms with Gasteiger partial charge in [-0.15, -0.1) is 0 Å². The number of phenols is 1. The summed E-state index contributed by atoms with van der Waals surface area (Å²) in [6.07, 6.45) is 16.1. The number of esters is 1. The average Bonchev–Trinajstić information content (AvgIpc) is 2.87. The Morgan fingerprint density at radius 3 is 2.25 bits per heavy atom. The molecule has 0 fully saturated rings. The van der Waals surface area contributed by atoms with Crippen LogP contribution in [0, 0.1) is 17.8 Å². The highest BCUT2D eigenvalue weighted by Gasteiger charge is 2.44. The molecule has 6 nitrogen and oxygen atoms in total. The molecule has 4 unspecified atom stereocenters. The van der Waals surface area contributed by atoms with Gasteiger partial charge >= 0.3 is 11.9 Å². The van der Waals surface area contributed by atoms with E-state index >= 15 is 0 Å². The van der Waals surface area contributed by atoms with E-state index in [2.05, 4.69) is 20.8 Å². The maximum atomic E-state index is 11.8. The van der Waals surface area contributed by atoms with Crippen LogP contribution in [-0.2, 0) is 9.53 Å². The number of aromatic hydroxyl groups is 1. The molecule has 0 aromatic heterocycles. The highest BCUT2D eigenvalue weighted by Crippen LogP contribution is 2.37. The number of unbranched alkanes of at least 4 members (excludes halogenated alkanes) is 3. The molecule has 0 bridgehead atoms. The first-order valence-corrected chi connectivity index (χ1v) is 13.5. The molecule has 6 heteroatoms. The molecule has 0 spiro atoms. The molecule has 202 valence electrons. The summed E-state index contributed by atoms with van der Waals surface area (Å²) >= 11 is 0. The molecular weight excluding hydrogens is 456 g/mol. The number of para-hydroxylation sites is 1. The number of phenolic OH excluding ortho intramolecular Hbond substituents is 1. The molecule has 2 rings (SSSR count). The monoisotopic (exact) mass is 502 g/mol. The maximum absolute atomic E-state index is 11.8. The summed E-state index contributed by atoms with van der Waals surface area (Å²) in [6.45, 7) is 8.84. The van der Waals surface area contributed by atoms with E-state index in [1.54, 1.807) is 42.5 Å². The van der Waals surface area contributed by atoms with Gasteiger partial charge in [0.1, 0.15) is 22.8 Å². The van der Waals surface area contributed by atoms with Gasteiger partial charge in [-0.3, -0.25) is 4.79 Å². The fraction of sp³-hybridized carbons (Fsp3) is 0.600. The van der Waals surface area contributed by atoms with E-state index in [1.165, 1.54) is 6.07 Å². The lowest BCUT2D eigenvalue weighted by atomic mass is 9.71. The maximum Gasteiger partial charge on any atom is 0.341 e. The fourth-order valence-electron chi connectivity index (χ4n) is 4.53. The molecular formula is C30H46O6. The van der Waals surface area contributed by atoms with Gasteiger partial charge < -0.3 is 20.1 Å². The Labute approximate surface area is 217 Å². The van der Waals surface area contributed by atoms with Crippen LogP contribution in [0.25, 0.3) is 0 Å². The van der Waals surface area contributed by atoms with E-state index in [-0.39, 0.29) is 17.2 Å². The lowest BCUT2D eigenvalue weighted by molar-refractivity contribution is -0.149. The average molecular weight is 503 g/mol. The number of carboxylic acid groups (broad SMARTS) is 1. The number of aliphatic hydroxyl groups is 1. The topological polar surface area (TPSA) is 104 Å². The summed E-state index contributed by atoms with van der Waals surface area (Å²) in [5.41, 5.74) is -0.994. The van der Waals surface area contributed by atoms with Gasteiger partial charge in [0.15, 0.2) is 0 Å². The quantitative estimate of drug-likeness (QED) is 0.188. The van der Waals surface area contributed by atoms with Gasteiger partial charge in [-0.2, -0.15) is 0 Å². The number of rotatable bonds is 14. The van der Waals surface area contributed by atoms with Crippen LogP contribution in [0.2, 0.25) is 0 Å². The summed E-state index contributed by atoms with van der Waals surface area (Å²) in [7, 11) is 0. The zero-order chi connectivity index (χ0) is 27.0. The Morgan fingerprint density at radius 2 is 1.67 bits per heavy atom. The van der Waals surface area contributed by atoms with Crippen LogP contribution in [0.5, 0.6) is 5.75 Å². The van der Waals surface area contributed by atoms with Crippen LogP contribution in [0.1, 0.15) is 95.8 Å². The standard InChI is InChI=1S/C15H22O3.C15H24O3/c1-3-5-8-12(4-2)11-18-15(17)13-9-6-7-10-14(13)16;1-3-5-6-9-12(4-2)15(18)11-8-7-10-13(15)14(16)17/h6-7,9-10,12,16H,3-5,8,11H2,1-2H3;7-8,10-13,18H,3-6,9H2,1-2H3,(H,16,17). The second kappa shape index (κ2) is 17.0. The second-order valence-electron chi connectivity index (χ2n) is 9.58. The minimum atomic E-state index is -1.23. The van der Waals surface area contributed by atoms with Crippen molar-refractivity contribution in [3.8, 4) is 5.75 Å². The Kier molecular flexibility index (Phi) is 14.8. The second-order valence-corrected chi connectivity index (χ2v) is 9.58. The molecule has 0 saturated carbocycles. The number of allylic oxidation sites excluding steroid dienone is 2. The number of carboxylic acids is 1. The number of ether oxygens (including phenoxy) is 1. The van der Waals surface area contributed by atoms with Gasteiger partial charge in [-0.25, -0.2) is 4.79 Å². The molecule has 3 N–H and O–H groups in total. The van der Waals surface area contributed by atoms with Crippen molar-refractivity contribution in [3.63, 3.8) is 0 Å². The van der Waals surface area contributed by atoms with Gasteiger partial charge in [0.25, 0.3) is 0 Å². The molecule has 0 heterocycles. The van der Waals surface area contributed by atoms with Crippen molar-refractivity contribution in [2.24, 2.45) is 17.8 Å². The molecule has 1 aromatic rings. The number of benzene rings is 1. The number of carbonyl (C=O) groups is 2. The minimum Gasteiger partial charge on any atom is -0.507 e. The summed E-state index contributed by atoms with van der Waals surface area (Å²) < 4.78 is 5.26. The highest BCUT2D eigenvalue weighted by molar-refractivity contribution is 5.92. The lowest BCUT2D eigenvalue weighted by Gasteiger charge is -2.38. The zero-order valence-electron chi connectivity index (χ0n) is 22.5. The summed E-state index contributed by atoms with van der Waals surface area (Å²) in [6, 6.07) is 6.46. The molecule has 0 amide bonds. The first kappa shape index (κ1) is 31.4. The van der Waals surface area contributed by atoms with Gasteiger partial charge in [0.05, 0.1) is 6.61 Å². The Morgan fingerprint density at radius 1 is 0.972 bits per heavy atom. The number of hydrogen-bond acceptors (Lipinski definition) is 5. The summed E-state index contributed by atoms with van der Waals surface area (Å²) in [5, 5.41) is 29.5. The van der Waals surface area contributed by atoms with E-state index in [9.17, 15) is 24.9 Å². The van der Waals surface area contributed by atoms with Gasteiger partial charge in [-0.05, 0) is 36.8 Å². The van der Waals surface area contributed by atoms with Crippen molar-refractivity contribution >= 4 is 11.9 Å². The van der Waals surface area contributed by atoms with Crippen LogP contribution in [0.15, 0.2) is 48.6 Å². The smallest absolute Gasteiger partial charge is 0.341 e. The van der Waals surface area contributed by atoms with Crippen molar-refractivity contribution in [2.75, 3.05) is 6.61 Å². The molecule has 0 saturated heterocycles. The van der Waals surface area contributed by atoms with E-state index in [0.717, 1.165) is 57.8 Å². The van der Waals surface area contributed by atoms with Crippen LogP contribution in [0.3, 0.4) is 0 Å². The van der Waals surface area contributed by atoms with Crippen molar-refractivity contribution in [2.45, 2.75) is 91.1 Å². The van der Waals surface area contributed by atoms with E-state index < -0.39 is 23.5 Å². The first-order valence-electron chi connectivity index (χ1n) is 13.5. The predicted molar refractivity (Wildman–Crippen MR) is 144 cm³/mol. The highest BCUT2D eigenvalue weighted by atomic mass is 16.5. The van der Waals surface area contributed by atoms with Crippen molar-refractivity contribution in [1.29, 1.82) is 0 Å². The zero-order valence-corrected chi connectivity index (χ0v) is 22.5. The van der Waals surface area contributed by atoms with Gasteiger partial charge in [0.2, 0.25) is 0 Å². The summed E-state index contributed by atoms with van der Waals surface area (Å²) in [5.74, 6) is -1.82. The Bertz CT molecular complexity index is 846. The summed E-state index contributed by atoms with van der Waals surface area (Å²) in [4.78, 5) is 23.1. The number of aliphatic carboxylic acids is 1. The van der Waals surface area contributed by atoms with E-state index in [1.807, 2.05) is 6.92 Å². The van der Waals surface area contributed by atoms with Crippen molar-refractivity contribution < 1.29 is 29.6 Å². The normalized spacial score (nSPS) is 20.2. The molecule has 4 atom stereocenters. The molecule has 0 aliphatic heterocycles. The van der Waals surface area contributed by atoms with Crippen LogP contribution >= 0.6 is 0 Å². The fourth-order valence-corrected chi connectivity index (χ4v) is 4.53. The first-order chi connectivity index (χ1) is 17.2. The third kappa shape index (κ3) is 9.81. The van der Waals surface area contributed by atoms with Crippen molar-refractivity contribution in [1.82, 2.24) is 0 Å². The minimum absolute atomic E-state index is 0.00588.